The monoisotopic (exact) mass is 412 g/mol. The van der Waals surface area contributed by atoms with Gasteiger partial charge in [0.1, 0.15) is 0 Å². The predicted molar refractivity (Wildman–Crippen MR) is 106 cm³/mol. The van der Waals surface area contributed by atoms with Crippen LogP contribution in [0.3, 0.4) is 0 Å². The standard InChI is InChI=1S/C19H19Cl3N2O2/c1-12-5-7-13(8-6-12)17(25)23(19(2,3)4)24(22)18(26)14-9-10-15(20)16(21)11-14/h5-11H,1-4H3. The quantitative estimate of drug-likeness (QED) is 0.464. The van der Waals surface area contributed by atoms with Crippen molar-refractivity contribution >= 4 is 46.8 Å². The first kappa shape index (κ1) is 20.6. The molecule has 0 aliphatic carbocycles. The lowest BCUT2D eigenvalue weighted by molar-refractivity contribution is -0.00370. The largest absolute Gasteiger partial charge is 0.287 e. The van der Waals surface area contributed by atoms with Crippen LogP contribution in [0.4, 0.5) is 0 Å². The molecule has 0 heterocycles. The van der Waals surface area contributed by atoms with Crippen LogP contribution in [0.25, 0.3) is 0 Å². The molecule has 0 atom stereocenters. The van der Waals surface area contributed by atoms with E-state index in [2.05, 4.69) is 0 Å². The summed E-state index contributed by atoms with van der Waals surface area (Å²) < 4.78 is 0.793. The van der Waals surface area contributed by atoms with E-state index in [1.807, 2.05) is 19.1 Å². The normalized spacial score (nSPS) is 11.2. The third-order valence-corrected chi connectivity index (χ3v) is 4.68. The first-order valence-electron chi connectivity index (χ1n) is 7.89. The molecule has 0 aromatic heterocycles. The molecular formula is C19H19Cl3N2O2. The number of amides is 2. The Labute approximate surface area is 168 Å². The van der Waals surface area contributed by atoms with Gasteiger partial charge in [0, 0.05) is 22.9 Å². The van der Waals surface area contributed by atoms with Gasteiger partial charge in [-0.3, -0.25) is 9.59 Å². The second-order valence-electron chi connectivity index (χ2n) is 6.85. The van der Waals surface area contributed by atoms with E-state index in [0.717, 1.165) is 10.1 Å². The summed E-state index contributed by atoms with van der Waals surface area (Å²) in [5.74, 6) is -0.971. The molecule has 2 rings (SSSR count). The van der Waals surface area contributed by atoms with Crippen LogP contribution in [0, 0.1) is 6.92 Å². The van der Waals surface area contributed by atoms with Gasteiger partial charge in [0.15, 0.2) is 0 Å². The number of hydrogen-bond acceptors (Lipinski definition) is 2. The Morgan fingerprint density at radius 1 is 0.846 bits per heavy atom. The van der Waals surface area contributed by atoms with Gasteiger partial charge < -0.3 is 0 Å². The number of halogens is 3. The molecule has 2 amide bonds. The zero-order chi connectivity index (χ0) is 19.6. The van der Waals surface area contributed by atoms with Crippen molar-refractivity contribution in [3.05, 3.63) is 69.2 Å². The summed E-state index contributed by atoms with van der Waals surface area (Å²) >= 11 is 18.2. The first-order valence-corrected chi connectivity index (χ1v) is 8.98. The molecule has 0 fully saturated rings. The molecule has 7 heteroatoms. The van der Waals surface area contributed by atoms with Crippen molar-refractivity contribution in [3.8, 4) is 0 Å². The minimum Gasteiger partial charge on any atom is -0.267 e. The van der Waals surface area contributed by atoms with Crippen LogP contribution in [0.2, 0.25) is 10.0 Å². The molecule has 0 N–H and O–H groups in total. The third-order valence-electron chi connectivity index (χ3n) is 3.64. The lowest BCUT2D eigenvalue weighted by Crippen LogP contribution is -2.54. The van der Waals surface area contributed by atoms with Crippen LogP contribution in [-0.4, -0.2) is 26.9 Å². The molecule has 0 aliphatic heterocycles. The highest BCUT2D eigenvalue weighted by atomic mass is 35.5. The fourth-order valence-corrected chi connectivity index (χ4v) is 2.98. The summed E-state index contributed by atoms with van der Waals surface area (Å²) in [6.07, 6.45) is 0. The van der Waals surface area contributed by atoms with Gasteiger partial charge in [-0.25, -0.2) is 5.01 Å². The Kier molecular flexibility index (Phi) is 6.22. The van der Waals surface area contributed by atoms with Gasteiger partial charge in [-0.1, -0.05) is 40.9 Å². The van der Waals surface area contributed by atoms with Crippen molar-refractivity contribution in [1.29, 1.82) is 0 Å². The summed E-state index contributed by atoms with van der Waals surface area (Å²) in [6.45, 7) is 7.29. The maximum absolute atomic E-state index is 13.0. The van der Waals surface area contributed by atoms with Crippen LogP contribution in [0.15, 0.2) is 42.5 Å². The zero-order valence-electron chi connectivity index (χ0n) is 14.9. The number of hydrazine groups is 1. The summed E-state index contributed by atoms with van der Waals surface area (Å²) in [6, 6.07) is 11.5. The lowest BCUT2D eigenvalue weighted by atomic mass is 10.1. The highest BCUT2D eigenvalue weighted by molar-refractivity contribution is 6.42. The average molecular weight is 414 g/mol. The second-order valence-corrected chi connectivity index (χ2v) is 7.98. The Balaban J connectivity index is 2.39. The lowest BCUT2D eigenvalue weighted by Gasteiger charge is -2.39. The molecule has 2 aromatic rings. The molecule has 0 unspecified atom stereocenters. The molecule has 0 spiro atoms. The fourth-order valence-electron chi connectivity index (χ4n) is 2.29. The number of benzene rings is 2. The molecule has 2 aromatic carbocycles. The number of hydrogen-bond donors (Lipinski definition) is 0. The Morgan fingerprint density at radius 3 is 1.88 bits per heavy atom. The van der Waals surface area contributed by atoms with E-state index in [4.69, 9.17) is 35.0 Å². The molecule has 138 valence electrons. The summed E-state index contributed by atoms with van der Waals surface area (Å²) in [5.41, 5.74) is 0.937. The van der Waals surface area contributed by atoms with Gasteiger partial charge in [0.05, 0.1) is 15.6 Å². The van der Waals surface area contributed by atoms with Gasteiger partial charge in [-0.05, 0) is 58.0 Å². The highest BCUT2D eigenvalue weighted by Crippen LogP contribution is 2.27. The molecule has 0 bridgehead atoms. The highest BCUT2D eigenvalue weighted by Gasteiger charge is 2.35. The number of nitrogens with zero attached hydrogens (tertiary/aromatic N) is 2. The van der Waals surface area contributed by atoms with Crippen molar-refractivity contribution in [3.63, 3.8) is 0 Å². The summed E-state index contributed by atoms with van der Waals surface area (Å²) in [5, 5.41) is 1.77. The number of rotatable bonds is 2. The summed E-state index contributed by atoms with van der Waals surface area (Å²) in [4.78, 5) is 25.8. The Bertz CT molecular complexity index is 830. The van der Waals surface area contributed by atoms with E-state index in [1.165, 1.54) is 23.2 Å². The van der Waals surface area contributed by atoms with Crippen molar-refractivity contribution in [2.45, 2.75) is 33.2 Å². The molecule has 26 heavy (non-hydrogen) atoms. The molecule has 4 nitrogen and oxygen atoms in total. The average Bonchev–Trinajstić information content (AvgIpc) is 2.56. The molecule has 0 saturated carbocycles. The van der Waals surface area contributed by atoms with E-state index in [9.17, 15) is 9.59 Å². The van der Waals surface area contributed by atoms with Gasteiger partial charge in [0.2, 0.25) is 0 Å². The van der Waals surface area contributed by atoms with E-state index in [-0.39, 0.29) is 16.5 Å². The van der Waals surface area contributed by atoms with Crippen LogP contribution >= 0.6 is 35.0 Å². The van der Waals surface area contributed by atoms with Crippen molar-refractivity contribution in [1.82, 2.24) is 9.54 Å². The minimum absolute atomic E-state index is 0.223. The van der Waals surface area contributed by atoms with Gasteiger partial charge >= 0.3 is 0 Å². The van der Waals surface area contributed by atoms with Crippen LogP contribution in [0.1, 0.15) is 47.1 Å². The topological polar surface area (TPSA) is 40.6 Å². The molecule has 0 saturated heterocycles. The van der Waals surface area contributed by atoms with E-state index in [1.54, 1.807) is 32.9 Å². The van der Waals surface area contributed by atoms with Gasteiger partial charge in [0.25, 0.3) is 11.8 Å². The van der Waals surface area contributed by atoms with Crippen LogP contribution in [0.5, 0.6) is 0 Å². The number of aryl methyl sites for hydroxylation is 1. The van der Waals surface area contributed by atoms with Gasteiger partial charge in [-0.2, -0.15) is 4.53 Å². The van der Waals surface area contributed by atoms with Crippen molar-refractivity contribution < 1.29 is 9.59 Å². The number of carbonyl (C=O) groups is 2. The van der Waals surface area contributed by atoms with Crippen LogP contribution in [-0.2, 0) is 0 Å². The van der Waals surface area contributed by atoms with E-state index >= 15 is 0 Å². The smallest absolute Gasteiger partial charge is 0.267 e. The van der Waals surface area contributed by atoms with Crippen LogP contribution < -0.4 is 0 Å². The van der Waals surface area contributed by atoms with E-state index in [0.29, 0.717) is 10.6 Å². The zero-order valence-corrected chi connectivity index (χ0v) is 17.2. The third kappa shape index (κ3) is 4.50. The maximum Gasteiger partial charge on any atom is 0.287 e. The number of carbonyl (C=O) groups excluding carboxylic acids is 2. The fraction of sp³-hybridized carbons (Fsp3) is 0.263. The van der Waals surface area contributed by atoms with E-state index < -0.39 is 11.4 Å². The molecule has 0 radical (unpaired) electrons. The summed E-state index contributed by atoms with van der Waals surface area (Å²) in [7, 11) is 0. The Morgan fingerprint density at radius 2 is 1.38 bits per heavy atom. The SMILES string of the molecule is Cc1ccc(C(=O)N(N(Cl)C(=O)c2ccc(Cl)c(Cl)c2)C(C)(C)C)cc1. The first-order chi connectivity index (χ1) is 12.0. The second kappa shape index (κ2) is 7.87. The molecular weight excluding hydrogens is 395 g/mol. The minimum atomic E-state index is -0.740. The predicted octanol–water partition coefficient (Wildman–Crippen LogP) is 5.75. The maximum atomic E-state index is 13.0. The molecule has 0 aliphatic rings. The Hall–Kier alpha value is -1.75. The van der Waals surface area contributed by atoms with Crippen molar-refractivity contribution in [2.75, 3.05) is 0 Å². The van der Waals surface area contributed by atoms with Crippen molar-refractivity contribution in [2.24, 2.45) is 0 Å². The van der Waals surface area contributed by atoms with Gasteiger partial charge in [-0.15, -0.1) is 0 Å².